The van der Waals surface area contributed by atoms with Crippen LogP contribution < -0.4 is 0 Å². The third-order valence-electron chi connectivity index (χ3n) is 6.79. The van der Waals surface area contributed by atoms with Gasteiger partial charge in [-0.05, 0) is 18.9 Å². The van der Waals surface area contributed by atoms with E-state index >= 15 is 0 Å². The molecule has 192 valence electrons. The first-order valence-electron chi connectivity index (χ1n) is 15.0. The van der Waals surface area contributed by atoms with Crippen LogP contribution in [0.4, 0.5) is 0 Å². The number of quaternary nitrogens is 1. The summed E-state index contributed by atoms with van der Waals surface area (Å²) in [6, 6.07) is 0. The van der Waals surface area contributed by atoms with Crippen LogP contribution in [0.5, 0.6) is 0 Å². The molecule has 0 aliphatic carbocycles. The first kappa shape index (κ1) is 31.7. The Bertz CT molecular complexity index is 365. The standard InChI is InChI=1S/C31H64N/c1-5-6-7-8-9-10-11-12-13-14-15-16-17-18-19-20-21-22-23-24-25-26-27-28-29-30-31-32(2,3)4/h29-30H,5-28,31H2,1-4H3/q+1. The quantitative estimate of drug-likeness (QED) is 0.0698. The van der Waals surface area contributed by atoms with Crippen molar-refractivity contribution in [2.75, 3.05) is 27.7 Å². The van der Waals surface area contributed by atoms with Crippen molar-refractivity contribution < 1.29 is 4.48 Å². The van der Waals surface area contributed by atoms with Gasteiger partial charge in [-0.3, -0.25) is 0 Å². The normalized spacial score (nSPS) is 12.2. The van der Waals surface area contributed by atoms with E-state index in [0.29, 0.717) is 0 Å². The van der Waals surface area contributed by atoms with Gasteiger partial charge in [0.1, 0.15) is 0 Å². The number of hydrogen-bond donors (Lipinski definition) is 0. The van der Waals surface area contributed by atoms with Gasteiger partial charge in [0.15, 0.2) is 0 Å². The van der Waals surface area contributed by atoms with Gasteiger partial charge in [-0.2, -0.15) is 0 Å². The summed E-state index contributed by atoms with van der Waals surface area (Å²) in [5, 5.41) is 0. The maximum Gasteiger partial charge on any atom is 0.0967 e. The summed E-state index contributed by atoms with van der Waals surface area (Å²) in [5.41, 5.74) is 0. The van der Waals surface area contributed by atoms with Crippen molar-refractivity contribution >= 4 is 0 Å². The summed E-state index contributed by atoms with van der Waals surface area (Å²) < 4.78 is 1.04. The maximum absolute atomic E-state index is 2.39. The molecule has 0 atom stereocenters. The topological polar surface area (TPSA) is 0 Å². The minimum Gasteiger partial charge on any atom is -0.328 e. The minimum atomic E-state index is 1.04. The van der Waals surface area contributed by atoms with Crippen molar-refractivity contribution in [3.63, 3.8) is 0 Å². The molecule has 0 aromatic carbocycles. The second kappa shape index (κ2) is 25.3. The van der Waals surface area contributed by atoms with Crippen LogP contribution in [0.1, 0.15) is 161 Å². The first-order chi connectivity index (χ1) is 15.6. The van der Waals surface area contributed by atoms with E-state index in [2.05, 4.69) is 40.2 Å². The third kappa shape index (κ3) is 29.7. The fraction of sp³-hybridized carbons (Fsp3) is 0.935. The second-order valence-corrected chi connectivity index (χ2v) is 11.5. The molecular weight excluding hydrogens is 386 g/mol. The monoisotopic (exact) mass is 451 g/mol. The van der Waals surface area contributed by atoms with E-state index in [-0.39, 0.29) is 0 Å². The predicted molar refractivity (Wildman–Crippen MR) is 149 cm³/mol. The van der Waals surface area contributed by atoms with Gasteiger partial charge in [-0.1, -0.05) is 154 Å². The molecule has 0 radical (unpaired) electrons. The van der Waals surface area contributed by atoms with Crippen LogP contribution in [0.3, 0.4) is 0 Å². The number of rotatable bonds is 26. The summed E-state index contributed by atoms with van der Waals surface area (Å²) in [5.74, 6) is 0. The Kier molecular flexibility index (Phi) is 25.1. The molecule has 0 aromatic rings. The molecule has 1 nitrogen and oxygen atoms in total. The highest BCUT2D eigenvalue weighted by molar-refractivity contribution is 4.81. The maximum atomic E-state index is 2.39. The summed E-state index contributed by atoms with van der Waals surface area (Å²) in [7, 11) is 6.76. The van der Waals surface area contributed by atoms with Gasteiger partial charge >= 0.3 is 0 Å². The summed E-state index contributed by atoms with van der Waals surface area (Å²) in [6.07, 6.45) is 39.7. The van der Waals surface area contributed by atoms with Gasteiger partial charge in [0.05, 0.1) is 27.7 Å². The van der Waals surface area contributed by atoms with E-state index in [0.717, 1.165) is 11.0 Å². The smallest absolute Gasteiger partial charge is 0.0967 e. The number of nitrogens with zero attached hydrogens (tertiary/aromatic N) is 1. The molecule has 0 N–H and O–H groups in total. The second-order valence-electron chi connectivity index (χ2n) is 11.5. The molecule has 0 fully saturated rings. The van der Waals surface area contributed by atoms with Gasteiger partial charge in [0.2, 0.25) is 0 Å². The van der Waals surface area contributed by atoms with E-state index in [4.69, 9.17) is 0 Å². The van der Waals surface area contributed by atoms with Gasteiger partial charge < -0.3 is 4.48 Å². The van der Waals surface area contributed by atoms with Crippen LogP contribution in [0.2, 0.25) is 0 Å². The molecule has 0 aliphatic heterocycles. The molecule has 0 unspecified atom stereocenters. The molecule has 0 saturated heterocycles. The largest absolute Gasteiger partial charge is 0.328 e. The Hall–Kier alpha value is -0.300. The summed E-state index contributed by atoms with van der Waals surface area (Å²) in [4.78, 5) is 0. The molecule has 0 bridgehead atoms. The lowest BCUT2D eigenvalue weighted by Gasteiger charge is -2.21. The van der Waals surface area contributed by atoms with Gasteiger partial charge in [-0.25, -0.2) is 0 Å². The number of allylic oxidation sites excluding steroid dienone is 1. The highest BCUT2D eigenvalue weighted by Gasteiger charge is 2.01. The lowest BCUT2D eigenvalue weighted by molar-refractivity contribution is -0.864. The molecule has 0 heterocycles. The molecule has 0 amide bonds. The Labute approximate surface area is 205 Å². The highest BCUT2D eigenvalue weighted by atomic mass is 15.3. The number of likely N-dealkylation sites (N-methyl/N-ethyl adjacent to an activating group) is 1. The van der Waals surface area contributed by atoms with Crippen LogP contribution in [0.25, 0.3) is 0 Å². The minimum absolute atomic E-state index is 1.04. The van der Waals surface area contributed by atoms with E-state index in [1.807, 2.05) is 0 Å². The van der Waals surface area contributed by atoms with Crippen LogP contribution in [0.15, 0.2) is 12.2 Å². The zero-order valence-electron chi connectivity index (χ0n) is 23.3. The molecular formula is C31H64N+. The van der Waals surface area contributed by atoms with E-state index in [1.54, 1.807) is 0 Å². The predicted octanol–water partition coefficient (Wildman–Crippen LogP) is 10.6. The van der Waals surface area contributed by atoms with Crippen molar-refractivity contribution in [2.45, 2.75) is 161 Å². The molecule has 0 spiro atoms. The molecule has 0 rings (SSSR count). The molecule has 0 saturated carbocycles. The Morgan fingerprint density at radius 1 is 0.375 bits per heavy atom. The van der Waals surface area contributed by atoms with Gasteiger partial charge in [0, 0.05) is 0 Å². The molecule has 0 aliphatic rings. The molecule has 0 aromatic heterocycles. The van der Waals surface area contributed by atoms with Crippen LogP contribution in [0, 0.1) is 0 Å². The zero-order valence-corrected chi connectivity index (χ0v) is 23.3. The van der Waals surface area contributed by atoms with Crippen molar-refractivity contribution in [1.29, 1.82) is 0 Å². The fourth-order valence-electron chi connectivity index (χ4n) is 4.56. The van der Waals surface area contributed by atoms with Crippen molar-refractivity contribution in [2.24, 2.45) is 0 Å². The summed E-state index contributed by atoms with van der Waals surface area (Å²) in [6.45, 7) is 3.46. The van der Waals surface area contributed by atoms with Gasteiger partial charge in [-0.15, -0.1) is 0 Å². The lowest BCUT2D eigenvalue weighted by Crippen LogP contribution is -2.34. The summed E-state index contributed by atoms with van der Waals surface area (Å²) >= 11 is 0. The van der Waals surface area contributed by atoms with Gasteiger partial charge in [0.25, 0.3) is 0 Å². The Morgan fingerprint density at radius 3 is 0.938 bits per heavy atom. The average Bonchev–Trinajstić information content (AvgIpc) is 2.75. The zero-order chi connectivity index (χ0) is 23.6. The fourth-order valence-corrected chi connectivity index (χ4v) is 4.56. The van der Waals surface area contributed by atoms with Crippen LogP contribution >= 0.6 is 0 Å². The van der Waals surface area contributed by atoms with E-state index in [1.165, 1.54) is 154 Å². The Balaban J connectivity index is 3.07. The molecule has 1 heteroatoms. The third-order valence-corrected chi connectivity index (χ3v) is 6.79. The number of hydrogen-bond acceptors (Lipinski definition) is 0. The SMILES string of the molecule is CCCCCCCCCCCCCCCCCCCCCCCCCC=CC[N+](C)(C)C. The number of unbranched alkanes of at least 4 members (excludes halogenated alkanes) is 23. The highest BCUT2D eigenvalue weighted by Crippen LogP contribution is 2.15. The first-order valence-corrected chi connectivity index (χ1v) is 15.0. The molecule has 32 heavy (non-hydrogen) atoms. The van der Waals surface area contributed by atoms with Crippen LogP contribution in [-0.4, -0.2) is 32.2 Å². The van der Waals surface area contributed by atoms with Crippen molar-refractivity contribution in [3.05, 3.63) is 12.2 Å². The Morgan fingerprint density at radius 2 is 0.656 bits per heavy atom. The van der Waals surface area contributed by atoms with E-state index < -0.39 is 0 Å². The van der Waals surface area contributed by atoms with Crippen molar-refractivity contribution in [1.82, 2.24) is 0 Å². The van der Waals surface area contributed by atoms with Crippen molar-refractivity contribution in [3.8, 4) is 0 Å². The lowest BCUT2D eigenvalue weighted by atomic mass is 10.0. The van der Waals surface area contributed by atoms with E-state index in [9.17, 15) is 0 Å². The average molecular weight is 451 g/mol. The van der Waals surface area contributed by atoms with Crippen LogP contribution in [-0.2, 0) is 0 Å².